The van der Waals surface area contributed by atoms with E-state index in [2.05, 4.69) is 10.1 Å². The van der Waals surface area contributed by atoms with Crippen molar-refractivity contribution >= 4 is 5.91 Å². The van der Waals surface area contributed by atoms with Crippen molar-refractivity contribution in [2.24, 2.45) is 0 Å². The molecule has 1 N–H and O–H groups in total. The van der Waals surface area contributed by atoms with Crippen LogP contribution < -0.4 is 15.6 Å². The summed E-state index contributed by atoms with van der Waals surface area (Å²) < 4.78 is 30.6. The van der Waals surface area contributed by atoms with Crippen molar-refractivity contribution in [3.63, 3.8) is 0 Å². The topological polar surface area (TPSA) is 60.3 Å². The van der Waals surface area contributed by atoms with E-state index in [1.54, 1.807) is 30.5 Å². The summed E-state index contributed by atoms with van der Waals surface area (Å²) in [5, 5.41) is 2.98. The van der Waals surface area contributed by atoms with Crippen LogP contribution in [0.3, 0.4) is 0 Å². The second kappa shape index (κ2) is 8.12. The van der Waals surface area contributed by atoms with E-state index >= 15 is 0 Å². The zero-order valence-electron chi connectivity index (χ0n) is 14.2. The molecule has 26 heavy (non-hydrogen) atoms. The van der Waals surface area contributed by atoms with Gasteiger partial charge in [0.25, 0.3) is 5.56 Å². The maximum atomic E-state index is 12.4. The minimum absolute atomic E-state index is 0.133. The molecule has 0 saturated heterocycles. The Morgan fingerprint density at radius 1 is 1.31 bits per heavy atom. The highest BCUT2D eigenvalue weighted by molar-refractivity contribution is 5.76. The number of aromatic nitrogens is 1. The molecule has 0 aliphatic heterocycles. The standard InChI is InChI=1S/C19H20F2N2O3/c20-19(21)26-14-7-8-15-13(12-14)4-3-5-16(15)22-17(24)9-11-23-10-2-1-6-18(23)25/h1-2,6-8,10,12,16,19H,3-5,9,11H2,(H,22,24). The number of benzene rings is 1. The molecule has 0 spiro atoms. The van der Waals surface area contributed by atoms with Crippen molar-refractivity contribution in [2.75, 3.05) is 0 Å². The highest BCUT2D eigenvalue weighted by Gasteiger charge is 2.22. The molecule has 5 nitrogen and oxygen atoms in total. The van der Waals surface area contributed by atoms with Crippen LogP contribution in [-0.4, -0.2) is 17.1 Å². The van der Waals surface area contributed by atoms with Crippen LogP contribution in [0.1, 0.15) is 36.4 Å². The summed E-state index contributed by atoms with van der Waals surface area (Å²) in [6.45, 7) is -2.54. The van der Waals surface area contributed by atoms with Gasteiger partial charge in [0.05, 0.1) is 6.04 Å². The zero-order valence-corrected chi connectivity index (χ0v) is 14.2. The van der Waals surface area contributed by atoms with Gasteiger partial charge in [0.15, 0.2) is 0 Å². The number of rotatable bonds is 6. The molecule has 1 aromatic carbocycles. The number of aryl methyl sites for hydroxylation is 2. The van der Waals surface area contributed by atoms with Crippen molar-refractivity contribution < 1.29 is 18.3 Å². The predicted octanol–water partition coefficient (Wildman–Crippen LogP) is 3.03. The first kappa shape index (κ1) is 18.1. The Hall–Kier alpha value is -2.70. The number of nitrogens with zero attached hydrogens (tertiary/aromatic N) is 1. The lowest BCUT2D eigenvalue weighted by molar-refractivity contribution is -0.122. The molecule has 2 aromatic rings. The largest absolute Gasteiger partial charge is 0.435 e. The maximum absolute atomic E-state index is 12.4. The van der Waals surface area contributed by atoms with Gasteiger partial charge in [0.2, 0.25) is 5.91 Å². The smallest absolute Gasteiger partial charge is 0.387 e. The Morgan fingerprint density at radius 2 is 2.15 bits per heavy atom. The van der Waals surface area contributed by atoms with Gasteiger partial charge >= 0.3 is 6.61 Å². The third kappa shape index (κ3) is 4.47. The van der Waals surface area contributed by atoms with Crippen LogP contribution in [0.15, 0.2) is 47.4 Å². The molecule has 138 valence electrons. The number of alkyl halides is 2. The highest BCUT2D eigenvalue weighted by atomic mass is 19.3. The Balaban J connectivity index is 1.63. The molecule has 1 atom stereocenters. The normalized spacial score (nSPS) is 16.2. The Bertz CT molecular complexity index is 836. The number of hydrogen-bond donors (Lipinski definition) is 1. The summed E-state index contributed by atoms with van der Waals surface area (Å²) in [7, 11) is 0. The lowest BCUT2D eigenvalue weighted by atomic mass is 9.87. The fourth-order valence-electron chi connectivity index (χ4n) is 3.25. The van der Waals surface area contributed by atoms with E-state index in [0.29, 0.717) is 6.54 Å². The maximum Gasteiger partial charge on any atom is 0.387 e. The van der Waals surface area contributed by atoms with Crippen molar-refractivity contribution in [2.45, 2.75) is 44.9 Å². The summed E-state index contributed by atoms with van der Waals surface area (Å²) in [5.41, 5.74) is 1.71. The average Bonchev–Trinajstić information content (AvgIpc) is 2.60. The molecule has 7 heteroatoms. The summed E-state index contributed by atoms with van der Waals surface area (Å²) >= 11 is 0. The summed E-state index contributed by atoms with van der Waals surface area (Å²) in [6.07, 6.45) is 4.26. The molecule has 1 amide bonds. The van der Waals surface area contributed by atoms with Crippen LogP contribution in [0.4, 0.5) is 8.78 Å². The highest BCUT2D eigenvalue weighted by Crippen LogP contribution is 2.32. The third-order valence-corrected chi connectivity index (χ3v) is 4.47. The predicted molar refractivity (Wildman–Crippen MR) is 92.2 cm³/mol. The van der Waals surface area contributed by atoms with Crippen LogP contribution in [0.2, 0.25) is 0 Å². The summed E-state index contributed by atoms with van der Waals surface area (Å²) in [4.78, 5) is 23.9. The average molecular weight is 362 g/mol. The van der Waals surface area contributed by atoms with Gasteiger partial charge in [0.1, 0.15) is 5.75 Å². The van der Waals surface area contributed by atoms with Gasteiger partial charge in [-0.1, -0.05) is 12.1 Å². The first-order valence-electron chi connectivity index (χ1n) is 8.55. The van der Waals surface area contributed by atoms with Crippen LogP contribution in [0.25, 0.3) is 0 Å². The van der Waals surface area contributed by atoms with Crippen LogP contribution in [0.5, 0.6) is 5.75 Å². The molecule has 0 fully saturated rings. The number of carbonyl (C=O) groups excluding carboxylic acids is 1. The number of pyridine rings is 1. The van der Waals surface area contributed by atoms with E-state index < -0.39 is 6.61 Å². The minimum atomic E-state index is -2.85. The van der Waals surface area contributed by atoms with Crippen LogP contribution in [-0.2, 0) is 17.8 Å². The number of carbonyl (C=O) groups is 1. The van der Waals surface area contributed by atoms with E-state index in [1.807, 2.05) is 0 Å². The van der Waals surface area contributed by atoms with Gasteiger partial charge in [-0.3, -0.25) is 9.59 Å². The molecule has 1 heterocycles. The monoisotopic (exact) mass is 362 g/mol. The summed E-state index contributed by atoms with van der Waals surface area (Å²) in [5.74, 6) is -0.0133. The van der Waals surface area contributed by atoms with Crippen LogP contribution in [0, 0.1) is 0 Å². The molecular formula is C19H20F2N2O3. The Morgan fingerprint density at radius 3 is 2.92 bits per heavy atom. The lowest BCUT2D eigenvalue weighted by Gasteiger charge is -2.27. The number of ether oxygens (including phenoxy) is 1. The van der Waals surface area contributed by atoms with Gasteiger partial charge in [-0.25, -0.2) is 0 Å². The van der Waals surface area contributed by atoms with E-state index in [9.17, 15) is 18.4 Å². The first-order chi connectivity index (χ1) is 12.5. The molecule has 0 saturated carbocycles. The van der Waals surface area contributed by atoms with Crippen molar-refractivity contribution in [3.8, 4) is 5.75 Å². The Kier molecular flexibility index (Phi) is 5.65. The number of fused-ring (bicyclic) bond motifs is 1. The first-order valence-corrected chi connectivity index (χ1v) is 8.55. The SMILES string of the molecule is O=C(CCn1ccccc1=O)NC1CCCc2cc(OC(F)F)ccc21. The fraction of sp³-hybridized carbons (Fsp3) is 0.368. The Labute approximate surface area is 149 Å². The second-order valence-corrected chi connectivity index (χ2v) is 6.23. The van der Waals surface area contributed by atoms with E-state index in [-0.39, 0.29) is 29.7 Å². The van der Waals surface area contributed by atoms with Crippen molar-refractivity contribution in [1.82, 2.24) is 9.88 Å². The van der Waals surface area contributed by atoms with E-state index in [4.69, 9.17) is 0 Å². The minimum Gasteiger partial charge on any atom is -0.435 e. The molecular weight excluding hydrogens is 342 g/mol. The zero-order chi connectivity index (χ0) is 18.5. The molecule has 1 aliphatic rings. The van der Waals surface area contributed by atoms with E-state index in [0.717, 1.165) is 30.4 Å². The number of hydrogen-bond acceptors (Lipinski definition) is 3. The third-order valence-electron chi connectivity index (χ3n) is 4.47. The van der Waals surface area contributed by atoms with Gasteiger partial charge in [0, 0.05) is 25.2 Å². The van der Waals surface area contributed by atoms with Gasteiger partial charge in [-0.2, -0.15) is 8.78 Å². The molecule has 3 rings (SSSR count). The van der Waals surface area contributed by atoms with Crippen molar-refractivity contribution in [3.05, 3.63) is 64.1 Å². The van der Waals surface area contributed by atoms with Gasteiger partial charge in [-0.05, 0) is 48.6 Å². The quantitative estimate of drug-likeness (QED) is 0.859. The molecule has 1 aliphatic carbocycles. The molecule has 1 unspecified atom stereocenters. The number of nitrogens with one attached hydrogen (secondary N) is 1. The lowest BCUT2D eigenvalue weighted by Crippen LogP contribution is -2.32. The van der Waals surface area contributed by atoms with Gasteiger partial charge in [-0.15, -0.1) is 0 Å². The second-order valence-electron chi connectivity index (χ2n) is 6.23. The van der Waals surface area contributed by atoms with Gasteiger partial charge < -0.3 is 14.6 Å². The summed E-state index contributed by atoms with van der Waals surface area (Å²) in [6, 6.07) is 9.55. The van der Waals surface area contributed by atoms with E-state index in [1.165, 1.54) is 16.7 Å². The number of halogens is 2. The molecule has 1 aromatic heterocycles. The molecule has 0 bridgehead atoms. The number of amides is 1. The molecule has 0 radical (unpaired) electrons. The van der Waals surface area contributed by atoms with Crippen molar-refractivity contribution in [1.29, 1.82) is 0 Å². The fourth-order valence-corrected chi connectivity index (χ4v) is 3.25. The van der Waals surface area contributed by atoms with Crippen LogP contribution >= 0.6 is 0 Å².